The van der Waals surface area contributed by atoms with Crippen LogP contribution >= 0.6 is 0 Å². The first-order chi connectivity index (χ1) is 6.40. The highest BCUT2D eigenvalue weighted by Gasteiger charge is 2.23. The summed E-state index contributed by atoms with van der Waals surface area (Å²) in [6.45, 7) is 0. The second-order valence-electron chi connectivity index (χ2n) is 4.42. The molecule has 1 unspecified atom stereocenters. The maximum absolute atomic E-state index is 10.6. The summed E-state index contributed by atoms with van der Waals surface area (Å²) in [6.07, 6.45) is 12.6. The van der Waals surface area contributed by atoms with Crippen molar-refractivity contribution >= 4 is 6.29 Å². The molecule has 0 radical (unpaired) electrons. The largest absolute Gasteiger partial charge is 0.303 e. The highest BCUT2D eigenvalue weighted by Crippen LogP contribution is 2.36. The summed E-state index contributed by atoms with van der Waals surface area (Å²) >= 11 is 0. The van der Waals surface area contributed by atoms with Crippen LogP contribution in [0.4, 0.5) is 0 Å². The van der Waals surface area contributed by atoms with Crippen LogP contribution in [-0.2, 0) is 4.79 Å². The van der Waals surface area contributed by atoms with Crippen LogP contribution < -0.4 is 0 Å². The molecular formula is C12H18O. The molecule has 1 heteroatoms. The van der Waals surface area contributed by atoms with Gasteiger partial charge in [0.1, 0.15) is 6.29 Å². The molecule has 72 valence electrons. The molecule has 2 rings (SSSR count). The van der Waals surface area contributed by atoms with E-state index in [9.17, 15) is 4.79 Å². The molecule has 1 fully saturated rings. The highest BCUT2D eigenvalue weighted by molar-refractivity contribution is 5.58. The van der Waals surface area contributed by atoms with E-state index in [0.29, 0.717) is 0 Å². The molecule has 0 aromatic carbocycles. The van der Waals surface area contributed by atoms with Crippen molar-refractivity contribution < 1.29 is 4.79 Å². The van der Waals surface area contributed by atoms with E-state index in [-0.39, 0.29) is 5.92 Å². The number of aldehydes is 1. The summed E-state index contributed by atoms with van der Waals surface area (Å²) in [5, 5.41) is 0. The van der Waals surface area contributed by atoms with Gasteiger partial charge in [-0.2, -0.15) is 0 Å². The Bertz CT molecular complexity index is 211. The van der Waals surface area contributed by atoms with Gasteiger partial charge in [-0.25, -0.2) is 0 Å². The Morgan fingerprint density at radius 3 is 2.54 bits per heavy atom. The summed E-state index contributed by atoms with van der Waals surface area (Å²) in [7, 11) is 0. The lowest BCUT2D eigenvalue weighted by Gasteiger charge is -2.22. The third kappa shape index (κ3) is 2.01. The molecule has 0 bridgehead atoms. The summed E-state index contributed by atoms with van der Waals surface area (Å²) in [6, 6.07) is 0. The van der Waals surface area contributed by atoms with Crippen molar-refractivity contribution in [3.05, 3.63) is 11.6 Å². The summed E-state index contributed by atoms with van der Waals surface area (Å²) in [5.74, 6) is 1.08. The van der Waals surface area contributed by atoms with Crippen molar-refractivity contribution in [3.63, 3.8) is 0 Å². The first kappa shape index (κ1) is 8.98. The second-order valence-corrected chi connectivity index (χ2v) is 4.42. The summed E-state index contributed by atoms with van der Waals surface area (Å²) in [4.78, 5) is 10.6. The van der Waals surface area contributed by atoms with E-state index in [4.69, 9.17) is 0 Å². The molecule has 0 heterocycles. The lowest BCUT2D eigenvalue weighted by molar-refractivity contribution is -0.109. The van der Waals surface area contributed by atoms with E-state index in [1.807, 2.05) is 0 Å². The van der Waals surface area contributed by atoms with Crippen LogP contribution in [0, 0.1) is 11.8 Å². The minimum atomic E-state index is 0.247. The third-order valence-electron chi connectivity index (χ3n) is 3.50. The zero-order valence-corrected chi connectivity index (χ0v) is 8.17. The molecule has 13 heavy (non-hydrogen) atoms. The van der Waals surface area contributed by atoms with Crippen LogP contribution in [0.15, 0.2) is 11.6 Å². The van der Waals surface area contributed by atoms with Gasteiger partial charge in [0.25, 0.3) is 0 Å². The van der Waals surface area contributed by atoms with Gasteiger partial charge in [0, 0.05) is 5.92 Å². The molecule has 0 aliphatic heterocycles. The molecule has 1 saturated carbocycles. The molecule has 1 nitrogen and oxygen atoms in total. The van der Waals surface area contributed by atoms with E-state index < -0.39 is 0 Å². The van der Waals surface area contributed by atoms with Gasteiger partial charge in [0.05, 0.1) is 0 Å². The fourth-order valence-corrected chi connectivity index (χ4v) is 2.70. The molecule has 1 atom stereocenters. The fraction of sp³-hybridized carbons (Fsp3) is 0.750. The zero-order chi connectivity index (χ0) is 9.10. The first-order valence-electron chi connectivity index (χ1n) is 5.56. The Balaban J connectivity index is 1.96. The van der Waals surface area contributed by atoms with Gasteiger partial charge in [-0.15, -0.1) is 0 Å². The van der Waals surface area contributed by atoms with E-state index in [2.05, 4.69) is 6.08 Å². The van der Waals surface area contributed by atoms with Gasteiger partial charge < -0.3 is 4.79 Å². The van der Waals surface area contributed by atoms with Gasteiger partial charge in [0.15, 0.2) is 0 Å². The Morgan fingerprint density at radius 2 is 1.92 bits per heavy atom. The maximum Gasteiger partial charge on any atom is 0.126 e. The van der Waals surface area contributed by atoms with Crippen LogP contribution in [0.3, 0.4) is 0 Å². The minimum absolute atomic E-state index is 0.247. The molecule has 0 spiro atoms. The van der Waals surface area contributed by atoms with E-state index in [0.717, 1.165) is 18.6 Å². The van der Waals surface area contributed by atoms with E-state index in [1.165, 1.54) is 38.5 Å². The van der Waals surface area contributed by atoms with Crippen molar-refractivity contribution in [2.24, 2.45) is 11.8 Å². The number of hydrogen-bond acceptors (Lipinski definition) is 1. The fourth-order valence-electron chi connectivity index (χ4n) is 2.70. The van der Waals surface area contributed by atoms with Crippen LogP contribution in [0.1, 0.15) is 44.9 Å². The molecule has 2 aliphatic carbocycles. The van der Waals surface area contributed by atoms with Gasteiger partial charge in [0.2, 0.25) is 0 Å². The van der Waals surface area contributed by atoms with Crippen molar-refractivity contribution in [2.45, 2.75) is 44.9 Å². The Morgan fingerprint density at radius 1 is 1.15 bits per heavy atom. The second kappa shape index (κ2) is 4.08. The lowest BCUT2D eigenvalue weighted by Crippen LogP contribution is -2.07. The number of carbonyl (C=O) groups is 1. The quantitative estimate of drug-likeness (QED) is 0.469. The van der Waals surface area contributed by atoms with Crippen molar-refractivity contribution in [2.75, 3.05) is 0 Å². The smallest absolute Gasteiger partial charge is 0.126 e. The molecule has 0 saturated heterocycles. The van der Waals surface area contributed by atoms with Crippen LogP contribution in [0.2, 0.25) is 0 Å². The highest BCUT2D eigenvalue weighted by atomic mass is 16.1. The Labute approximate surface area is 80.2 Å². The van der Waals surface area contributed by atoms with Gasteiger partial charge in [-0.3, -0.25) is 0 Å². The molecule has 0 aromatic rings. The number of carbonyl (C=O) groups excluding carboxylic acids is 1. The van der Waals surface area contributed by atoms with Crippen LogP contribution in [-0.4, -0.2) is 6.29 Å². The number of rotatable bonds is 2. The molecule has 0 amide bonds. The minimum Gasteiger partial charge on any atom is -0.303 e. The van der Waals surface area contributed by atoms with Crippen molar-refractivity contribution in [1.29, 1.82) is 0 Å². The Kier molecular flexibility index (Phi) is 2.82. The molecule has 0 aromatic heterocycles. The predicted octanol–water partition coefficient (Wildman–Crippen LogP) is 3.10. The van der Waals surface area contributed by atoms with Crippen molar-refractivity contribution in [3.8, 4) is 0 Å². The van der Waals surface area contributed by atoms with E-state index >= 15 is 0 Å². The summed E-state index contributed by atoms with van der Waals surface area (Å²) < 4.78 is 0. The maximum atomic E-state index is 10.6. The topological polar surface area (TPSA) is 17.1 Å². The first-order valence-corrected chi connectivity index (χ1v) is 5.56. The monoisotopic (exact) mass is 178 g/mol. The standard InChI is InChI=1S/C12H18O/c13-9-10-6-7-12(8-10)11-4-2-1-3-5-11/h8-11H,1-7H2. The average Bonchev–Trinajstić information content (AvgIpc) is 2.67. The average molecular weight is 178 g/mol. The van der Waals surface area contributed by atoms with Gasteiger partial charge in [-0.1, -0.05) is 30.9 Å². The lowest BCUT2D eigenvalue weighted by atomic mass is 9.83. The number of hydrogen-bond donors (Lipinski definition) is 0. The van der Waals surface area contributed by atoms with Gasteiger partial charge >= 0.3 is 0 Å². The molecule has 0 N–H and O–H groups in total. The SMILES string of the molecule is O=CC1C=C(C2CCCCC2)CC1. The van der Waals surface area contributed by atoms with Crippen LogP contribution in [0.5, 0.6) is 0 Å². The molecular weight excluding hydrogens is 160 g/mol. The van der Waals surface area contributed by atoms with Crippen molar-refractivity contribution in [1.82, 2.24) is 0 Å². The normalized spacial score (nSPS) is 30.2. The predicted molar refractivity (Wildman–Crippen MR) is 53.4 cm³/mol. The third-order valence-corrected chi connectivity index (χ3v) is 3.50. The summed E-state index contributed by atoms with van der Waals surface area (Å²) in [5.41, 5.74) is 1.59. The van der Waals surface area contributed by atoms with E-state index in [1.54, 1.807) is 5.57 Å². The number of allylic oxidation sites excluding steroid dienone is 2. The Hall–Kier alpha value is -0.590. The van der Waals surface area contributed by atoms with Crippen LogP contribution in [0.25, 0.3) is 0 Å². The zero-order valence-electron chi connectivity index (χ0n) is 8.17. The van der Waals surface area contributed by atoms with Gasteiger partial charge in [-0.05, 0) is 31.6 Å². The molecule has 2 aliphatic rings.